The van der Waals surface area contributed by atoms with Crippen molar-refractivity contribution >= 4 is 0 Å². The van der Waals surface area contributed by atoms with E-state index in [-0.39, 0.29) is 6.10 Å². The van der Waals surface area contributed by atoms with E-state index in [2.05, 4.69) is 25.1 Å². The fourth-order valence-corrected chi connectivity index (χ4v) is 2.13. The van der Waals surface area contributed by atoms with Crippen molar-refractivity contribution in [1.29, 1.82) is 0 Å². The lowest BCUT2D eigenvalue weighted by Gasteiger charge is -2.17. The molecule has 0 saturated carbocycles. The predicted octanol–water partition coefficient (Wildman–Crippen LogP) is 2.69. The summed E-state index contributed by atoms with van der Waals surface area (Å²) in [7, 11) is 0. The molecule has 0 aliphatic heterocycles. The number of hydrogen-bond donors (Lipinski definition) is 1. The van der Waals surface area contributed by atoms with Crippen molar-refractivity contribution in [3.05, 3.63) is 35.4 Å². The van der Waals surface area contributed by atoms with E-state index in [0.717, 1.165) is 18.4 Å². The van der Waals surface area contributed by atoms with Crippen LogP contribution >= 0.6 is 0 Å². The van der Waals surface area contributed by atoms with Gasteiger partial charge in [0.15, 0.2) is 0 Å². The Morgan fingerprint density at radius 1 is 1.31 bits per heavy atom. The molecule has 0 amide bonds. The molecule has 0 fully saturated rings. The highest BCUT2D eigenvalue weighted by molar-refractivity contribution is 5.30. The van der Waals surface area contributed by atoms with Crippen molar-refractivity contribution in [2.45, 2.75) is 32.3 Å². The number of aliphatic hydroxyl groups excluding tert-OH is 1. The van der Waals surface area contributed by atoms with E-state index in [1.165, 1.54) is 12.0 Å². The van der Waals surface area contributed by atoms with E-state index in [1.807, 2.05) is 6.07 Å². The lowest BCUT2D eigenvalue weighted by Crippen LogP contribution is -2.07. The maximum absolute atomic E-state index is 10.0. The molecule has 0 saturated heterocycles. The summed E-state index contributed by atoms with van der Waals surface area (Å²) >= 11 is 0. The molecule has 1 heteroatoms. The zero-order valence-electron chi connectivity index (χ0n) is 8.03. The molecule has 2 atom stereocenters. The Bertz CT molecular complexity index is 293. The third-order valence-corrected chi connectivity index (χ3v) is 3.02. The van der Waals surface area contributed by atoms with Crippen LogP contribution in [0.1, 0.15) is 37.0 Å². The highest BCUT2D eigenvalue weighted by Crippen LogP contribution is 2.32. The van der Waals surface area contributed by atoms with Crippen LogP contribution < -0.4 is 0 Å². The lowest BCUT2D eigenvalue weighted by molar-refractivity contribution is 0.115. The van der Waals surface area contributed by atoms with E-state index in [9.17, 15) is 5.11 Å². The summed E-state index contributed by atoms with van der Waals surface area (Å²) in [5.74, 6) is 0.406. The summed E-state index contributed by atoms with van der Waals surface area (Å²) in [6.07, 6.45) is 3.21. The first-order valence-electron chi connectivity index (χ1n) is 5.05. The first kappa shape index (κ1) is 8.76. The average molecular weight is 176 g/mol. The van der Waals surface area contributed by atoms with Crippen LogP contribution in [0.25, 0.3) is 0 Å². The molecule has 1 aromatic carbocycles. The van der Waals surface area contributed by atoms with Gasteiger partial charge in [0.25, 0.3) is 0 Å². The molecular weight excluding hydrogens is 160 g/mol. The molecular formula is C12H16O. The first-order valence-corrected chi connectivity index (χ1v) is 5.05. The first-order chi connectivity index (χ1) is 6.29. The molecule has 0 heterocycles. The van der Waals surface area contributed by atoms with Gasteiger partial charge in [-0.25, -0.2) is 0 Å². The van der Waals surface area contributed by atoms with Crippen LogP contribution in [0.5, 0.6) is 0 Å². The number of aliphatic hydroxyl groups is 1. The molecule has 70 valence electrons. The van der Waals surface area contributed by atoms with Crippen molar-refractivity contribution in [2.75, 3.05) is 0 Å². The van der Waals surface area contributed by atoms with Crippen molar-refractivity contribution in [1.82, 2.24) is 0 Å². The Morgan fingerprint density at radius 3 is 2.92 bits per heavy atom. The van der Waals surface area contributed by atoms with Gasteiger partial charge in [0.1, 0.15) is 0 Å². The van der Waals surface area contributed by atoms with Gasteiger partial charge in [-0.15, -0.1) is 0 Å². The summed E-state index contributed by atoms with van der Waals surface area (Å²) in [6.45, 7) is 2.13. The maximum Gasteiger partial charge on any atom is 0.0818 e. The van der Waals surface area contributed by atoms with Gasteiger partial charge in [-0.1, -0.05) is 31.2 Å². The highest BCUT2D eigenvalue weighted by atomic mass is 16.3. The van der Waals surface area contributed by atoms with Gasteiger partial charge in [0.2, 0.25) is 0 Å². The highest BCUT2D eigenvalue weighted by Gasteiger charge is 2.21. The van der Waals surface area contributed by atoms with Gasteiger partial charge >= 0.3 is 0 Å². The number of hydrogen-bond acceptors (Lipinski definition) is 1. The van der Waals surface area contributed by atoms with Crippen LogP contribution in [-0.2, 0) is 6.42 Å². The van der Waals surface area contributed by atoms with Gasteiger partial charge in [0, 0.05) is 0 Å². The molecule has 1 aliphatic rings. The summed E-state index contributed by atoms with van der Waals surface area (Å²) < 4.78 is 0. The zero-order chi connectivity index (χ0) is 9.26. The quantitative estimate of drug-likeness (QED) is 0.602. The second kappa shape index (κ2) is 3.51. The van der Waals surface area contributed by atoms with E-state index < -0.39 is 0 Å². The van der Waals surface area contributed by atoms with Crippen molar-refractivity contribution < 1.29 is 5.11 Å². The Labute approximate surface area is 79.4 Å². The molecule has 2 rings (SSSR count). The van der Waals surface area contributed by atoms with Crippen LogP contribution in [0, 0.1) is 5.92 Å². The molecule has 1 aromatic rings. The minimum absolute atomic E-state index is 0.251. The largest absolute Gasteiger partial charge is 0.388 e. The second-order valence-corrected chi connectivity index (χ2v) is 4.01. The summed E-state index contributed by atoms with van der Waals surface area (Å²) in [6, 6.07) is 8.26. The minimum Gasteiger partial charge on any atom is -0.388 e. The molecule has 0 unspecified atom stereocenters. The summed E-state index contributed by atoms with van der Waals surface area (Å²) in [4.78, 5) is 0. The topological polar surface area (TPSA) is 20.2 Å². The Hall–Kier alpha value is -0.820. The Kier molecular flexibility index (Phi) is 2.36. The predicted molar refractivity (Wildman–Crippen MR) is 53.5 cm³/mol. The molecule has 0 aromatic heterocycles. The smallest absolute Gasteiger partial charge is 0.0818 e. The number of rotatable bonds is 0. The fraction of sp³-hybridized carbons (Fsp3) is 0.500. The van der Waals surface area contributed by atoms with Gasteiger partial charge in [0.05, 0.1) is 6.10 Å². The van der Waals surface area contributed by atoms with Crippen molar-refractivity contribution in [3.63, 3.8) is 0 Å². The van der Waals surface area contributed by atoms with Crippen molar-refractivity contribution in [2.24, 2.45) is 5.92 Å². The van der Waals surface area contributed by atoms with Crippen LogP contribution in [-0.4, -0.2) is 5.11 Å². The van der Waals surface area contributed by atoms with Gasteiger partial charge in [-0.05, 0) is 36.3 Å². The zero-order valence-corrected chi connectivity index (χ0v) is 8.03. The molecule has 0 bridgehead atoms. The van der Waals surface area contributed by atoms with Gasteiger partial charge in [-0.2, -0.15) is 0 Å². The average Bonchev–Trinajstić information content (AvgIpc) is 2.29. The van der Waals surface area contributed by atoms with Crippen LogP contribution in [0.3, 0.4) is 0 Å². The number of fused-ring (bicyclic) bond motifs is 1. The van der Waals surface area contributed by atoms with Crippen LogP contribution in [0.15, 0.2) is 24.3 Å². The Morgan fingerprint density at radius 2 is 2.08 bits per heavy atom. The normalized spacial score (nSPS) is 27.8. The third kappa shape index (κ3) is 1.61. The van der Waals surface area contributed by atoms with E-state index >= 15 is 0 Å². The van der Waals surface area contributed by atoms with Crippen molar-refractivity contribution in [3.8, 4) is 0 Å². The van der Waals surface area contributed by atoms with E-state index in [1.54, 1.807) is 0 Å². The number of benzene rings is 1. The minimum atomic E-state index is -0.251. The summed E-state index contributed by atoms with van der Waals surface area (Å²) in [5, 5.41) is 10.0. The molecule has 0 radical (unpaired) electrons. The summed E-state index contributed by atoms with van der Waals surface area (Å²) in [5.41, 5.74) is 2.48. The molecule has 0 spiro atoms. The van der Waals surface area contributed by atoms with E-state index in [4.69, 9.17) is 0 Å². The third-order valence-electron chi connectivity index (χ3n) is 3.02. The molecule has 13 heavy (non-hydrogen) atoms. The van der Waals surface area contributed by atoms with E-state index in [0.29, 0.717) is 5.92 Å². The molecule has 1 nitrogen and oxygen atoms in total. The maximum atomic E-state index is 10.0. The fourth-order valence-electron chi connectivity index (χ4n) is 2.13. The van der Waals surface area contributed by atoms with Gasteiger partial charge in [-0.3, -0.25) is 0 Å². The van der Waals surface area contributed by atoms with Crippen LogP contribution in [0.2, 0.25) is 0 Å². The molecule has 1 aliphatic carbocycles. The Balaban J connectivity index is 2.40. The van der Waals surface area contributed by atoms with Crippen LogP contribution in [0.4, 0.5) is 0 Å². The lowest BCUT2D eigenvalue weighted by atomic mass is 9.95. The monoisotopic (exact) mass is 176 g/mol. The SMILES string of the molecule is C[C@H]1CCCc2ccccc2[C@H]1O. The standard InChI is InChI=1S/C12H16O/c1-9-5-4-7-10-6-2-3-8-11(10)12(9)13/h2-3,6,8-9,12-13H,4-5,7H2,1H3/t9-,12-/m0/s1. The number of aryl methyl sites for hydroxylation is 1. The second-order valence-electron chi connectivity index (χ2n) is 4.01. The van der Waals surface area contributed by atoms with Gasteiger partial charge < -0.3 is 5.11 Å². The molecule has 1 N–H and O–H groups in total.